The van der Waals surface area contributed by atoms with Crippen LogP contribution in [-0.2, 0) is 26.1 Å². The predicted octanol–water partition coefficient (Wildman–Crippen LogP) is 5.78. The van der Waals surface area contributed by atoms with Gasteiger partial charge in [0, 0.05) is 78.2 Å². The van der Waals surface area contributed by atoms with E-state index in [1.54, 1.807) is 31.0 Å². The van der Waals surface area contributed by atoms with Crippen LogP contribution in [0.25, 0.3) is 22.4 Å². The number of anilines is 1. The summed E-state index contributed by atoms with van der Waals surface area (Å²) in [5, 5.41) is 11.6. The highest BCUT2D eigenvalue weighted by atomic mass is 19.1. The summed E-state index contributed by atoms with van der Waals surface area (Å²) >= 11 is 0. The van der Waals surface area contributed by atoms with E-state index in [4.69, 9.17) is 0 Å². The Bertz CT molecular complexity index is 1870. The lowest BCUT2D eigenvalue weighted by atomic mass is 9.90. The van der Waals surface area contributed by atoms with Crippen LogP contribution < -0.4 is 16.1 Å². The van der Waals surface area contributed by atoms with Gasteiger partial charge < -0.3 is 16.1 Å². The van der Waals surface area contributed by atoms with Crippen LogP contribution in [-0.4, -0.2) is 25.6 Å². The number of nitrogens with one attached hydrogen (secondary N) is 3. The minimum atomic E-state index is -0.361. The van der Waals surface area contributed by atoms with E-state index in [1.807, 2.05) is 55.6 Å². The summed E-state index contributed by atoms with van der Waals surface area (Å²) in [4.78, 5) is 18.0. The van der Waals surface area contributed by atoms with E-state index in [0.717, 1.165) is 45.9 Å². The lowest BCUT2D eigenvalue weighted by Crippen LogP contribution is -2.29. The number of hydrazone groups is 1. The molecule has 2 aliphatic rings. The molecular weight excluding hydrogens is 539 g/mol. The molecule has 0 saturated heterocycles. The first-order valence-corrected chi connectivity index (χ1v) is 14.2. The molecule has 8 nitrogen and oxygen atoms in total. The molecule has 4 aromatic heterocycles. The normalized spacial score (nSPS) is 13.9. The minimum Gasteiger partial charge on any atom is -0.353 e. The molecular formula is C34H29FN8. The number of fused-ring (bicyclic) bond motifs is 2. The topological polar surface area (TPSA) is 100 Å². The fourth-order valence-electron chi connectivity index (χ4n) is 5.61. The van der Waals surface area contributed by atoms with E-state index in [9.17, 15) is 0 Å². The van der Waals surface area contributed by atoms with Crippen LogP contribution in [0.4, 0.5) is 10.1 Å². The van der Waals surface area contributed by atoms with Gasteiger partial charge in [-0.1, -0.05) is 30.3 Å². The predicted molar refractivity (Wildman–Crippen MR) is 165 cm³/mol. The molecule has 0 radical (unpaired) electrons. The SMILES string of the molecule is CC1=C(C2=NNCc3ncc(-c4cncc(CNCc5ccccc5)c4)c(F)c32)Nc2ccnc(-c3cccnc3)c2C1. The average molecular weight is 569 g/mol. The second-order valence-corrected chi connectivity index (χ2v) is 10.7. The monoisotopic (exact) mass is 568 g/mol. The van der Waals surface area contributed by atoms with Crippen molar-refractivity contribution in [1.82, 2.24) is 30.7 Å². The lowest BCUT2D eigenvalue weighted by Gasteiger charge is -2.28. The number of halogens is 1. The number of hydrogen-bond donors (Lipinski definition) is 3. The van der Waals surface area contributed by atoms with Crippen LogP contribution in [0.15, 0.2) is 108 Å². The third-order valence-corrected chi connectivity index (χ3v) is 7.73. The Morgan fingerprint density at radius 1 is 0.860 bits per heavy atom. The molecule has 0 spiro atoms. The van der Waals surface area contributed by atoms with Crippen LogP contribution in [0.3, 0.4) is 0 Å². The minimum absolute atomic E-state index is 0.343. The third kappa shape index (κ3) is 5.26. The Balaban J connectivity index is 1.19. The van der Waals surface area contributed by atoms with Gasteiger partial charge in [-0.3, -0.25) is 19.9 Å². The molecule has 0 aliphatic carbocycles. The largest absolute Gasteiger partial charge is 0.353 e. The van der Waals surface area contributed by atoms with Crippen LogP contribution in [0, 0.1) is 5.82 Å². The fraction of sp³-hybridized carbons (Fsp3) is 0.147. The molecule has 2 aliphatic heterocycles. The van der Waals surface area contributed by atoms with Gasteiger partial charge in [0.2, 0.25) is 0 Å². The van der Waals surface area contributed by atoms with Crippen LogP contribution in [0.2, 0.25) is 0 Å². The van der Waals surface area contributed by atoms with Gasteiger partial charge in [0.15, 0.2) is 0 Å². The van der Waals surface area contributed by atoms with Crippen molar-refractivity contribution in [2.24, 2.45) is 5.10 Å². The van der Waals surface area contributed by atoms with Crippen LogP contribution in [0.1, 0.15) is 34.9 Å². The maximum Gasteiger partial charge on any atom is 0.144 e. The number of nitrogens with zero attached hydrogens (tertiary/aromatic N) is 5. The molecule has 0 bridgehead atoms. The molecule has 43 heavy (non-hydrogen) atoms. The molecule has 3 N–H and O–H groups in total. The molecule has 0 fully saturated rings. The van der Waals surface area contributed by atoms with E-state index in [0.29, 0.717) is 47.6 Å². The number of rotatable bonds is 7. The zero-order valence-electron chi connectivity index (χ0n) is 23.6. The Morgan fingerprint density at radius 2 is 1.72 bits per heavy atom. The van der Waals surface area contributed by atoms with Crippen LogP contribution in [0.5, 0.6) is 0 Å². The summed E-state index contributed by atoms with van der Waals surface area (Å²) in [5.41, 5.74) is 13.4. The highest BCUT2D eigenvalue weighted by Gasteiger charge is 2.30. The first-order chi connectivity index (χ1) is 21.2. The summed E-state index contributed by atoms with van der Waals surface area (Å²) in [5.74, 6) is -0.361. The fourth-order valence-corrected chi connectivity index (χ4v) is 5.61. The number of hydrogen-bond acceptors (Lipinski definition) is 8. The standard InChI is InChI=1S/C34H29FN8/c1-21-12-26-28(9-11-39-33(26)24-8-5-10-36-17-24)42-32(21)34-30-29(20-41-43-34)40-19-27(31(30)35)25-13-23(16-38-18-25)15-37-14-22-6-3-2-4-7-22/h2-11,13,16-19,37,41-42H,12,14-15,20H2,1H3. The maximum atomic E-state index is 16.5. The molecule has 5 aromatic rings. The van der Waals surface area contributed by atoms with Gasteiger partial charge in [0.05, 0.1) is 29.2 Å². The van der Waals surface area contributed by atoms with Gasteiger partial charge in [0.1, 0.15) is 11.5 Å². The average Bonchev–Trinajstić information content (AvgIpc) is 3.05. The first-order valence-electron chi connectivity index (χ1n) is 14.2. The summed E-state index contributed by atoms with van der Waals surface area (Å²) in [6, 6.07) is 18.0. The number of pyridine rings is 4. The molecule has 9 heteroatoms. The Kier molecular flexibility index (Phi) is 7.14. The van der Waals surface area contributed by atoms with Gasteiger partial charge >= 0.3 is 0 Å². The van der Waals surface area contributed by atoms with Crippen LogP contribution >= 0.6 is 0 Å². The molecule has 0 saturated carbocycles. The van der Waals surface area contributed by atoms with Crippen molar-refractivity contribution in [1.29, 1.82) is 0 Å². The quantitative estimate of drug-likeness (QED) is 0.229. The highest BCUT2D eigenvalue weighted by molar-refractivity contribution is 6.16. The third-order valence-electron chi connectivity index (χ3n) is 7.73. The molecule has 1 aromatic carbocycles. The Hall–Kier alpha value is -5.28. The Labute approximate surface area is 248 Å². The van der Waals surface area contributed by atoms with Gasteiger partial charge in [-0.2, -0.15) is 5.10 Å². The van der Waals surface area contributed by atoms with Gasteiger partial charge in [-0.05, 0) is 54.3 Å². The Morgan fingerprint density at radius 3 is 2.58 bits per heavy atom. The van der Waals surface area contributed by atoms with Crippen molar-refractivity contribution in [3.05, 3.63) is 137 Å². The van der Waals surface area contributed by atoms with E-state index in [2.05, 4.69) is 53.2 Å². The van der Waals surface area contributed by atoms with Crippen molar-refractivity contribution >= 4 is 11.4 Å². The van der Waals surface area contributed by atoms with Gasteiger partial charge in [-0.25, -0.2) is 4.39 Å². The van der Waals surface area contributed by atoms with E-state index in [-0.39, 0.29) is 5.82 Å². The summed E-state index contributed by atoms with van der Waals surface area (Å²) < 4.78 is 16.5. The maximum absolute atomic E-state index is 16.5. The summed E-state index contributed by atoms with van der Waals surface area (Å²) in [6.07, 6.45) is 11.0. The number of aromatic nitrogens is 4. The van der Waals surface area contributed by atoms with Crippen molar-refractivity contribution in [3.63, 3.8) is 0 Å². The second-order valence-electron chi connectivity index (χ2n) is 10.7. The zero-order chi connectivity index (χ0) is 29.2. The van der Waals surface area contributed by atoms with Crippen molar-refractivity contribution < 1.29 is 4.39 Å². The number of benzene rings is 1. The van der Waals surface area contributed by atoms with Crippen molar-refractivity contribution in [2.75, 3.05) is 5.32 Å². The molecule has 7 rings (SSSR count). The first kappa shape index (κ1) is 26.6. The zero-order valence-corrected chi connectivity index (χ0v) is 23.6. The molecule has 212 valence electrons. The number of allylic oxidation sites excluding steroid dienone is 2. The van der Waals surface area contributed by atoms with E-state index in [1.165, 1.54) is 5.56 Å². The van der Waals surface area contributed by atoms with Gasteiger partial charge in [0.25, 0.3) is 0 Å². The smallest absolute Gasteiger partial charge is 0.144 e. The highest BCUT2D eigenvalue weighted by Crippen LogP contribution is 2.36. The van der Waals surface area contributed by atoms with Crippen molar-refractivity contribution in [2.45, 2.75) is 33.0 Å². The molecule has 0 amide bonds. The van der Waals surface area contributed by atoms with E-state index >= 15 is 4.39 Å². The molecule has 0 unspecified atom stereocenters. The lowest BCUT2D eigenvalue weighted by molar-refractivity contribution is 0.610. The van der Waals surface area contributed by atoms with E-state index < -0.39 is 0 Å². The van der Waals surface area contributed by atoms with Gasteiger partial charge in [-0.15, -0.1) is 0 Å². The summed E-state index contributed by atoms with van der Waals surface area (Å²) in [6.45, 7) is 3.72. The van der Waals surface area contributed by atoms with Crippen molar-refractivity contribution in [3.8, 4) is 22.4 Å². The second kappa shape index (κ2) is 11.5. The summed E-state index contributed by atoms with van der Waals surface area (Å²) in [7, 11) is 0. The molecule has 0 atom stereocenters. The molecule has 6 heterocycles.